The molecule has 0 amide bonds. The van der Waals surface area contributed by atoms with E-state index in [0.717, 1.165) is 13.1 Å². The second-order valence-electron chi connectivity index (χ2n) is 7.78. The summed E-state index contributed by atoms with van der Waals surface area (Å²) in [6.07, 6.45) is -3.37. The molecule has 0 N–H and O–H groups in total. The third-order valence-corrected chi connectivity index (χ3v) is 7.42. The predicted molar refractivity (Wildman–Crippen MR) is 122 cm³/mol. The Kier molecular flexibility index (Phi) is 5.76. The monoisotopic (exact) mass is 501 g/mol. The average Bonchev–Trinajstić information content (AvgIpc) is 3.16. The van der Waals surface area contributed by atoms with Gasteiger partial charge in [0.05, 0.1) is 27.8 Å². The summed E-state index contributed by atoms with van der Waals surface area (Å²) in [5, 5.41) is 8.99. The Morgan fingerprint density at radius 1 is 1.06 bits per heavy atom. The van der Waals surface area contributed by atoms with Gasteiger partial charge in [-0.15, -0.1) is 0 Å². The lowest BCUT2D eigenvalue weighted by atomic mass is 10.1. The van der Waals surface area contributed by atoms with Crippen LogP contribution in [0.15, 0.2) is 52.3 Å². The van der Waals surface area contributed by atoms with E-state index in [4.69, 9.17) is 5.26 Å². The van der Waals surface area contributed by atoms with Gasteiger partial charge in [-0.25, -0.2) is 13.4 Å². The number of hydrogen-bond acceptors (Lipinski definition) is 6. The minimum atomic E-state index is -4.78. The fourth-order valence-electron chi connectivity index (χ4n) is 3.75. The van der Waals surface area contributed by atoms with Crippen LogP contribution in [0.3, 0.4) is 0 Å². The van der Waals surface area contributed by atoms with E-state index in [1.807, 2.05) is 6.07 Å². The first-order valence-electron chi connectivity index (χ1n) is 10.3. The van der Waals surface area contributed by atoms with Crippen molar-refractivity contribution in [1.29, 1.82) is 5.26 Å². The Labute approximate surface area is 197 Å². The minimum Gasteiger partial charge on any atom is -0.321 e. The molecule has 0 bridgehead atoms. The van der Waals surface area contributed by atoms with Crippen LogP contribution < -0.4 is 5.56 Å². The molecule has 0 unspecified atom stereocenters. The summed E-state index contributed by atoms with van der Waals surface area (Å²) >= 11 is 0. The summed E-state index contributed by atoms with van der Waals surface area (Å²) in [4.78, 5) is 21.0. The van der Waals surface area contributed by atoms with Gasteiger partial charge in [-0.1, -0.05) is 19.1 Å². The highest BCUT2D eigenvalue weighted by atomic mass is 32.2. The van der Waals surface area contributed by atoms with Gasteiger partial charge in [-0.05, 0) is 29.8 Å². The Bertz CT molecular complexity index is 1680. The maximum Gasteiger partial charge on any atom is 0.431 e. The first-order valence-corrected chi connectivity index (χ1v) is 11.9. The van der Waals surface area contributed by atoms with Gasteiger partial charge < -0.3 is 9.13 Å². The minimum absolute atomic E-state index is 0.0603. The van der Waals surface area contributed by atoms with Gasteiger partial charge in [-0.3, -0.25) is 9.78 Å². The SMILES string of the molecule is CCS(=O)(=O)c1cc(-c2ccc(C#N)cc2)cnc1-c1nc2cc(C(F)(F)F)n(C)c(=O)c2n1C. The van der Waals surface area contributed by atoms with Crippen molar-refractivity contribution >= 4 is 20.9 Å². The van der Waals surface area contributed by atoms with Gasteiger partial charge in [0.15, 0.2) is 15.7 Å². The van der Waals surface area contributed by atoms with Gasteiger partial charge >= 0.3 is 6.18 Å². The second kappa shape index (κ2) is 8.35. The topological polar surface area (TPSA) is 111 Å². The molecule has 0 aliphatic rings. The van der Waals surface area contributed by atoms with Crippen LogP contribution in [0, 0.1) is 11.3 Å². The van der Waals surface area contributed by atoms with Crippen LogP contribution in [-0.4, -0.2) is 33.3 Å². The van der Waals surface area contributed by atoms with Crippen LogP contribution in [-0.2, 0) is 30.1 Å². The molecule has 3 aromatic heterocycles. The zero-order valence-electron chi connectivity index (χ0n) is 18.8. The lowest BCUT2D eigenvalue weighted by Crippen LogP contribution is -2.26. The molecule has 4 aromatic rings. The van der Waals surface area contributed by atoms with Crippen molar-refractivity contribution in [2.45, 2.75) is 18.0 Å². The molecule has 180 valence electrons. The first-order chi connectivity index (χ1) is 16.4. The second-order valence-corrected chi connectivity index (χ2v) is 10.0. The van der Waals surface area contributed by atoms with Crippen molar-refractivity contribution in [3.63, 3.8) is 0 Å². The quantitative estimate of drug-likeness (QED) is 0.422. The fraction of sp³-hybridized carbons (Fsp3) is 0.217. The van der Waals surface area contributed by atoms with Crippen LogP contribution in [0.25, 0.3) is 33.7 Å². The largest absolute Gasteiger partial charge is 0.431 e. The summed E-state index contributed by atoms with van der Waals surface area (Å²) < 4.78 is 67.9. The van der Waals surface area contributed by atoms with Gasteiger partial charge in [0.25, 0.3) is 5.56 Å². The van der Waals surface area contributed by atoms with E-state index in [2.05, 4.69) is 9.97 Å². The van der Waals surface area contributed by atoms with Crippen molar-refractivity contribution < 1.29 is 21.6 Å². The molecular formula is C23H18F3N5O3S. The molecule has 0 fully saturated rings. The fourth-order valence-corrected chi connectivity index (χ4v) is 4.81. The Morgan fingerprint density at radius 2 is 1.71 bits per heavy atom. The van der Waals surface area contributed by atoms with Crippen LogP contribution in [0.1, 0.15) is 18.2 Å². The molecule has 35 heavy (non-hydrogen) atoms. The third-order valence-electron chi connectivity index (χ3n) is 5.68. The Balaban J connectivity index is 1.99. The molecule has 0 aliphatic carbocycles. The molecule has 3 heterocycles. The summed E-state index contributed by atoms with van der Waals surface area (Å²) in [7, 11) is -1.43. The number of halogens is 3. The van der Waals surface area contributed by atoms with Crippen molar-refractivity contribution in [2.24, 2.45) is 14.1 Å². The number of nitrogens with zero attached hydrogens (tertiary/aromatic N) is 5. The van der Waals surface area contributed by atoms with Gasteiger partial charge in [0.2, 0.25) is 0 Å². The molecule has 12 heteroatoms. The summed E-state index contributed by atoms with van der Waals surface area (Å²) in [5.74, 6) is -0.322. The number of imidazole rings is 1. The molecule has 4 rings (SSSR count). The number of rotatable bonds is 4. The number of fused-ring (bicyclic) bond motifs is 1. The van der Waals surface area contributed by atoms with E-state index < -0.39 is 27.3 Å². The van der Waals surface area contributed by atoms with Crippen LogP contribution >= 0.6 is 0 Å². The first kappa shape index (κ1) is 24.2. The van der Waals surface area contributed by atoms with E-state index in [1.54, 1.807) is 24.3 Å². The summed E-state index contributed by atoms with van der Waals surface area (Å²) in [5.41, 5.74) is -1.03. The normalized spacial score (nSPS) is 12.1. The zero-order chi connectivity index (χ0) is 25.7. The number of sulfone groups is 1. The molecule has 1 aromatic carbocycles. The third kappa shape index (κ3) is 4.08. The van der Waals surface area contributed by atoms with Crippen LogP contribution in [0.2, 0.25) is 0 Å². The van der Waals surface area contributed by atoms with E-state index in [0.29, 0.717) is 21.3 Å². The molecule has 0 saturated carbocycles. The summed E-state index contributed by atoms with van der Waals surface area (Å²) in [6.45, 7) is 1.45. The van der Waals surface area contributed by atoms with E-state index in [1.165, 1.54) is 30.8 Å². The lowest BCUT2D eigenvalue weighted by molar-refractivity contribution is -0.143. The average molecular weight is 501 g/mol. The summed E-state index contributed by atoms with van der Waals surface area (Å²) in [6, 6.07) is 10.6. The molecule has 0 spiro atoms. The van der Waals surface area contributed by atoms with Crippen molar-refractivity contribution in [1.82, 2.24) is 19.1 Å². The molecule has 8 nitrogen and oxygen atoms in total. The van der Waals surface area contributed by atoms with Gasteiger partial charge in [0.1, 0.15) is 16.9 Å². The van der Waals surface area contributed by atoms with E-state index in [9.17, 15) is 26.4 Å². The maximum absolute atomic E-state index is 13.4. The van der Waals surface area contributed by atoms with Crippen molar-refractivity contribution in [3.8, 4) is 28.7 Å². The Hall–Kier alpha value is -3.98. The molecule has 0 atom stereocenters. The standard InChI is InChI=1S/C23H18F3N5O3S/c1-4-35(33,34)17-9-15(14-7-5-13(11-27)6-8-14)12-28-19(17)21-29-16-10-18(23(24,25)26)30(2)22(32)20(16)31(21)3/h5-10,12H,4H2,1-3H3. The highest BCUT2D eigenvalue weighted by molar-refractivity contribution is 7.91. The van der Waals surface area contributed by atoms with Crippen LogP contribution in [0.4, 0.5) is 13.2 Å². The smallest absolute Gasteiger partial charge is 0.321 e. The molecular weight excluding hydrogens is 483 g/mol. The lowest BCUT2D eigenvalue weighted by Gasteiger charge is -2.12. The number of aryl methyl sites for hydroxylation is 1. The predicted octanol–water partition coefficient (Wildman–Crippen LogP) is 3.69. The highest BCUT2D eigenvalue weighted by Gasteiger charge is 2.35. The number of benzene rings is 1. The van der Waals surface area contributed by atoms with Gasteiger partial charge in [0, 0.05) is 25.9 Å². The van der Waals surface area contributed by atoms with Gasteiger partial charge in [-0.2, -0.15) is 18.4 Å². The van der Waals surface area contributed by atoms with E-state index in [-0.39, 0.29) is 33.2 Å². The zero-order valence-corrected chi connectivity index (χ0v) is 19.6. The number of aromatic nitrogens is 4. The number of nitriles is 1. The maximum atomic E-state index is 13.4. The van der Waals surface area contributed by atoms with Crippen molar-refractivity contribution in [3.05, 3.63) is 64.2 Å². The van der Waals surface area contributed by atoms with E-state index >= 15 is 0 Å². The molecule has 0 saturated heterocycles. The number of hydrogen-bond donors (Lipinski definition) is 0. The number of alkyl halides is 3. The number of pyridine rings is 2. The van der Waals surface area contributed by atoms with Crippen LogP contribution in [0.5, 0.6) is 0 Å². The van der Waals surface area contributed by atoms with Crippen molar-refractivity contribution in [2.75, 3.05) is 5.75 Å². The molecule has 0 aliphatic heterocycles. The Morgan fingerprint density at radius 3 is 2.29 bits per heavy atom. The highest BCUT2D eigenvalue weighted by Crippen LogP contribution is 2.33. The molecule has 0 radical (unpaired) electrons.